The van der Waals surface area contributed by atoms with Crippen molar-refractivity contribution in [1.29, 1.82) is 0 Å². The van der Waals surface area contributed by atoms with E-state index in [1.54, 1.807) is 62.8 Å². The second-order valence-electron chi connectivity index (χ2n) is 8.99. The van der Waals surface area contributed by atoms with Crippen molar-refractivity contribution in [3.8, 4) is 11.5 Å². The zero-order valence-electron chi connectivity index (χ0n) is 21.0. The molecule has 36 heavy (non-hydrogen) atoms. The van der Waals surface area contributed by atoms with E-state index in [9.17, 15) is 14.4 Å². The molecule has 2 aromatic rings. The monoisotopic (exact) mass is 495 g/mol. The molecule has 1 N–H and O–H groups in total. The lowest BCUT2D eigenvalue weighted by molar-refractivity contribution is -0.124. The van der Waals surface area contributed by atoms with Crippen molar-refractivity contribution in [3.05, 3.63) is 48.5 Å². The summed E-state index contributed by atoms with van der Waals surface area (Å²) >= 11 is 0. The molecule has 10 heteroatoms. The number of benzene rings is 2. The summed E-state index contributed by atoms with van der Waals surface area (Å²) in [7, 11) is 5.21. The number of amides is 4. The molecule has 4 rings (SSSR count). The second kappa shape index (κ2) is 11.4. The summed E-state index contributed by atoms with van der Waals surface area (Å²) < 4.78 is 10.3. The number of rotatable bonds is 9. The van der Waals surface area contributed by atoms with Gasteiger partial charge in [0, 0.05) is 45.0 Å². The number of imide groups is 1. The molecule has 0 spiro atoms. The van der Waals surface area contributed by atoms with E-state index in [0.717, 1.165) is 31.1 Å². The van der Waals surface area contributed by atoms with Gasteiger partial charge in [-0.15, -0.1) is 0 Å². The highest BCUT2D eigenvalue weighted by molar-refractivity contribution is 6.22. The summed E-state index contributed by atoms with van der Waals surface area (Å²) in [5.74, 6) is 0.552. The smallest absolute Gasteiger partial charge is 0.332 e. The Morgan fingerprint density at radius 1 is 0.889 bits per heavy atom. The van der Waals surface area contributed by atoms with Gasteiger partial charge in [0.25, 0.3) is 5.91 Å². The highest BCUT2D eigenvalue weighted by atomic mass is 16.5. The maximum atomic E-state index is 13.5. The SMILES string of the molecule is COc1ccc(NC(=O)C[C@@H]2C(=O)N(c3ccc(OC)cc3)C(=O)N2CCN2CCN(C)CC2)cc1. The van der Waals surface area contributed by atoms with E-state index < -0.39 is 18.0 Å². The molecule has 0 unspecified atom stereocenters. The molecular weight excluding hydrogens is 462 g/mol. The number of nitrogens with zero attached hydrogens (tertiary/aromatic N) is 4. The van der Waals surface area contributed by atoms with Crippen molar-refractivity contribution >= 4 is 29.2 Å². The normalized spacial score (nSPS) is 19.0. The van der Waals surface area contributed by atoms with Gasteiger partial charge in [-0.3, -0.25) is 14.5 Å². The van der Waals surface area contributed by atoms with Gasteiger partial charge in [-0.1, -0.05) is 0 Å². The molecule has 2 saturated heterocycles. The van der Waals surface area contributed by atoms with Gasteiger partial charge in [0.1, 0.15) is 17.5 Å². The topological polar surface area (TPSA) is 94.7 Å². The number of likely N-dealkylation sites (N-methyl/N-ethyl adjacent to an activating group) is 1. The van der Waals surface area contributed by atoms with Crippen LogP contribution >= 0.6 is 0 Å². The Bertz CT molecular complexity index is 1070. The average Bonchev–Trinajstić information content (AvgIpc) is 3.12. The van der Waals surface area contributed by atoms with Gasteiger partial charge in [0.2, 0.25) is 5.91 Å². The Morgan fingerprint density at radius 3 is 2.06 bits per heavy atom. The molecule has 2 aliphatic rings. The number of hydrogen-bond acceptors (Lipinski definition) is 7. The van der Waals surface area contributed by atoms with E-state index in [-0.39, 0.29) is 12.3 Å². The van der Waals surface area contributed by atoms with Crippen LogP contribution in [0.4, 0.5) is 16.2 Å². The summed E-state index contributed by atoms with van der Waals surface area (Å²) in [6, 6.07) is 12.4. The molecule has 10 nitrogen and oxygen atoms in total. The van der Waals surface area contributed by atoms with Gasteiger partial charge in [-0.2, -0.15) is 0 Å². The predicted octanol–water partition coefficient (Wildman–Crippen LogP) is 2.12. The van der Waals surface area contributed by atoms with Gasteiger partial charge in [0.05, 0.1) is 26.3 Å². The summed E-state index contributed by atoms with van der Waals surface area (Å²) in [5.41, 5.74) is 1.04. The number of urea groups is 1. The van der Waals surface area contributed by atoms with Crippen LogP contribution in [0, 0.1) is 0 Å². The van der Waals surface area contributed by atoms with Crippen LogP contribution in [-0.2, 0) is 9.59 Å². The third-order valence-corrected chi connectivity index (χ3v) is 6.65. The van der Waals surface area contributed by atoms with Crippen LogP contribution in [0.5, 0.6) is 11.5 Å². The minimum absolute atomic E-state index is 0.133. The van der Waals surface area contributed by atoms with E-state index in [2.05, 4.69) is 22.2 Å². The minimum Gasteiger partial charge on any atom is -0.497 e. The van der Waals surface area contributed by atoms with Crippen LogP contribution in [0.15, 0.2) is 48.5 Å². The molecule has 0 aliphatic carbocycles. The molecule has 2 aromatic carbocycles. The third-order valence-electron chi connectivity index (χ3n) is 6.65. The number of nitrogens with one attached hydrogen (secondary N) is 1. The van der Waals surface area contributed by atoms with Crippen LogP contribution in [0.1, 0.15) is 6.42 Å². The number of piperazine rings is 1. The Labute approximate surface area is 211 Å². The first-order chi connectivity index (χ1) is 17.4. The first-order valence-corrected chi connectivity index (χ1v) is 12.0. The van der Waals surface area contributed by atoms with E-state index in [4.69, 9.17) is 9.47 Å². The maximum absolute atomic E-state index is 13.5. The Hall–Kier alpha value is -3.63. The standard InChI is InChI=1S/C26H33N5O5/c1-28-12-14-29(15-13-28)16-17-30-23(18-24(32)27-19-4-8-21(35-2)9-5-19)25(33)31(26(30)34)20-6-10-22(36-3)11-7-20/h4-11,23H,12-18H2,1-3H3,(H,27,32)/t23-/m1/s1. The lowest BCUT2D eigenvalue weighted by atomic mass is 10.1. The van der Waals surface area contributed by atoms with Gasteiger partial charge in [-0.25, -0.2) is 9.69 Å². The van der Waals surface area contributed by atoms with E-state index >= 15 is 0 Å². The van der Waals surface area contributed by atoms with Crippen molar-refractivity contribution in [2.24, 2.45) is 0 Å². The molecule has 1 atom stereocenters. The highest BCUT2D eigenvalue weighted by Crippen LogP contribution is 2.28. The third kappa shape index (κ3) is 5.77. The number of ether oxygens (including phenoxy) is 2. The van der Waals surface area contributed by atoms with Crippen molar-refractivity contribution in [3.63, 3.8) is 0 Å². The fraction of sp³-hybridized carbons (Fsp3) is 0.423. The summed E-state index contributed by atoms with van der Waals surface area (Å²) in [4.78, 5) is 47.0. The van der Waals surface area contributed by atoms with Crippen LogP contribution in [0.25, 0.3) is 0 Å². The number of anilines is 2. The first kappa shape index (κ1) is 25.5. The zero-order chi connectivity index (χ0) is 25.7. The maximum Gasteiger partial charge on any atom is 0.332 e. The zero-order valence-corrected chi connectivity index (χ0v) is 21.0. The quantitative estimate of drug-likeness (QED) is 0.533. The van der Waals surface area contributed by atoms with Crippen molar-refractivity contribution in [1.82, 2.24) is 14.7 Å². The van der Waals surface area contributed by atoms with Crippen LogP contribution in [0.2, 0.25) is 0 Å². The summed E-state index contributed by atoms with van der Waals surface area (Å²) in [6.45, 7) is 4.72. The molecule has 0 saturated carbocycles. The van der Waals surface area contributed by atoms with Crippen molar-refractivity contribution < 1.29 is 23.9 Å². The number of hydrogen-bond donors (Lipinski definition) is 1. The minimum atomic E-state index is -0.884. The number of carbonyl (C=O) groups is 3. The highest BCUT2D eigenvalue weighted by Gasteiger charge is 2.46. The molecular formula is C26H33N5O5. The molecule has 2 heterocycles. The first-order valence-electron chi connectivity index (χ1n) is 12.0. The molecule has 2 aliphatic heterocycles. The molecule has 192 valence electrons. The van der Waals surface area contributed by atoms with Gasteiger partial charge in [0.15, 0.2) is 0 Å². The number of methoxy groups -OCH3 is 2. The molecule has 0 bridgehead atoms. The average molecular weight is 496 g/mol. The van der Waals surface area contributed by atoms with Gasteiger partial charge < -0.3 is 24.6 Å². The Morgan fingerprint density at radius 2 is 1.47 bits per heavy atom. The fourth-order valence-electron chi connectivity index (χ4n) is 4.44. The van der Waals surface area contributed by atoms with Gasteiger partial charge >= 0.3 is 6.03 Å². The summed E-state index contributed by atoms with van der Waals surface area (Å²) in [5, 5.41) is 2.82. The Balaban J connectivity index is 1.49. The number of carbonyl (C=O) groups excluding carboxylic acids is 3. The van der Waals surface area contributed by atoms with E-state index in [0.29, 0.717) is 36.0 Å². The molecule has 4 amide bonds. The van der Waals surface area contributed by atoms with Gasteiger partial charge in [-0.05, 0) is 55.6 Å². The van der Waals surface area contributed by atoms with Crippen LogP contribution in [0.3, 0.4) is 0 Å². The molecule has 2 fully saturated rings. The lowest BCUT2D eigenvalue weighted by Gasteiger charge is -2.33. The van der Waals surface area contributed by atoms with Crippen molar-refractivity contribution in [2.45, 2.75) is 12.5 Å². The van der Waals surface area contributed by atoms with Crippen molar-refractivity contribution in [2.75, 3.05) is 70.8 Å². The lowest BCUT2D eigenvalue weighted by Crippen LogP contribution is -2.48. The largest absolute Gasteiger partial charge is 0.497 e. The van der Waals surface area contributed by atoms with Crippen LogP contribution < -0.4 is 19.7 Å². The molecule has 0 aromatic heterocycles. The van der Waals surface area contributed by atoms with E-state index in [1.807, 2.05) is 0 Å². The second-order valence-corrected chi connectivity index (χ2v) is 8.99. The summed E-state index contributed by atoms with van der Waals surface area (Å²) in [6.07, 6.45) is -0.133. The molecule has 0 radical (unpaired) electrons. The van der Waals surface area contributed by atoms with E-state index in [1.165, 1.54) is 4.90 Å². The fourth-order valence-corrected chi connectivity index (χ4v) is 4.44. The Kier molecular flexibility index (Phi) is 8.07. The predicted molar refractivity (Wildman–Crippen MR) is 137 cm³/mol. The van der Waals surface area contributed by atoms with Crippen LogP contribution in [-0.4, -0.2) is 99.1 Å².